The van der Waals surface area contributed by atoms with E-state index in [0.717, 1.165) is 20.8 Å². The summed E-state index contributed by atoms with van der Waals surface area (Å²) in [6.45, 7) is 1.87. The number of nitrogens with zero attached hydrogens (tertiary/aromatic N) is 1. The van der Waals surface area contributed by atoms with E-state index in [1.165, 1.54) is 0 Å². The van der Waals surface area contributed by atoms with E-state index in [1.54, 1.807) is 25.1 Å². The molecule has 5 nitrogen and oxygen atoms in total. The summed E-state index contributed by atoms with van der Waals surface area (Å²) in [5, 5.41) is 3.68. The third-order valence-electron chi connectivity index (χ3n) is 1.93. The summed E-state index contributed by atoms with van der Waals surface area (Å²) in [6.07, 6.45) is 0. The van der Waals surface area contributed by atoms with E-state index < -0.39 is 10.0 Å². The van der Waals surface area contributed by atoms with Gasteiger partial charge >= 0.3 is 0 Å². The molecule has 0 aromatic carbocycles. The fraction of sp³-hybridized carbons (Fsp3) is 0.222. The molecule has 17 heavy (non-hydrogen) atoms. The molecule has 0 unspecified atom stereocenters. The Bertz CT molecular complexity index is 618. The number of thiophene rings is 1. The lowest BCUT2D eigenvalue weighted by atomic mass is 10.4. The van der Waals surface area contributed by atoms with Gasteiger partial charge < -0.3 is 4.52 Å². The first-order valence-corrected chi connectivity index (χ1v) is 7.74. The maximum Gasteiger partial charge on any atom is 0.250 e. The zero-order chi connectivity index (χ0) is 12.5. The van der Waals surface area contributed by atoms with Crippen LogP contribution in [0.2, 0.25) is 0 Å². The number of hydrogen-bond acceptors (Lipinski definition) is 5. The second-order valence-corrected chi connectivity index (χ2v) is 7.77. The predicted molar refractivity (Wildman–Crippen MR) is 67.3 cm³/mol. The molecule has 0 amide bonds. The van der Waals surface area contributed by atoms with E-state index in [2.05, 4.69) is 25.8 Å². The molecule has 8 heteroatoms. The quantitative estimate of drug-likeness (QED) is 0.929. The largest absolute Gasteiger partial charge is 0.360 e. The molecule has 2 heterocycles. The second-order valence-electron chi connectivity index (χ2n) is 3.32. The maximum atomic E-state index is 11.8. The Morgan fingerprint density at radius 3 is 2.82 bits per heavy atom. The number of hydrogen-bond donors (Lipinski definition) is 1. The Balaban J connectivity index is 2.08. The first kappa shape index (κ1) is 12.7. The smallest absolute Gasteiger partial charge is 0.250 e. The summed E-state index contributed by atoms with van der Waals surface area (Å²) in [5.74, 6) is 0.488. The van der Waals surface area contributed by atoms with Crippen molar-refractivity contribution in [3.8, 4) is 0 Å². The monoisotopic (exact) mass is 336 g/mol. The number of sulfonamides is 1. The molecule has 2 aromatic rings. The summed E-state index contributed by atoms with van der Waals surface area (Å²) < 4.78 is 32.1. The minimum atomic E-state index is -3.48. The van der Waals surface area contributed by atoms with Gasteiger partial charge in [0.15, 0.2) is 5.76 Å². The first-order valence-electron chi connectivity index (χ1n) is 4.64. The Labute approximate surface area is 111 Å². The molecule has 92 valence electrons. The minimum Gasteiger partial charge on any atom is -0.360 e. The Morgan fingerprint density at radius 1 is 1.53 bits per heavy atom. The number of aromatic nitrogens is 1. The third-order valence-corrected chi connectivity index (χ3v) is 5.44. The van der Waals surface area contributed by atoms with Gasteiger partial charge in [-0.1, -0.05) is 5.16 Å². The van der Waals surface area contributed by atoms with E-state index in [4.69, 9.17) is 4.52 Å². The number of halogens is 1. The Morgan fingerprint density at radius 2 is 2.29 bits per heavy atom. The van der Waals surface area contributed by atoms with Gasteiger partial charge in [0.05, 0.1) is 16.0 Å². The molecule has 0 atom stereocenters. The molecule has 0 bridgehead atoms. The highest BCUT2D eigenvalue weighted by Gasteiger charge is 2.16. The van der Waals surface area contributed by atoms with Crippen LogP contribution >= 0.6 is 27.3 Å². The molecule has 1 N–H and O–H groups in total. The van der Waals surface area contributed by atoms with Crippen molar-refractivity contribution in [2.45, 2.75) is 17.7 Å². The minimum absolute atomic E-state index is 0.0959. The van der Waals surface area contributed by atoms with E-state index in [9.17, 15) is 8.42 Å². The number of nitrogens with one attached hydrogen (secondary N) is 1. The molecule has 0 saturated carbocycles. The fourth-order valence-corrected chi connectivity index (χ4v) is 4.23. The van der Waals surface area contributed by atoms with E-state index in [-0.39, 0.29) is 10.8 Å². The molecule has 0 aliphatic heterocycles. The van der Waals surface area contributed by atoms with Crippen LogP contribution in [-0.2, 0) is 16.6 Å². The summed E-state index contributed by atoms with van der Waals surface area (Å²) >= 11 is 4.38. The van der Waals surface area contributed by atoms with Crippen molar-refractivity contribution in [1.29, 1.82) is 0 Å². The second kappa shape index (κ2) is 4.89. The van der Waals surface area contributed by atoms with Gasteiger partial charge in [0.25, 0.3) is 0 Å². The van der Waals surface area contributed by atoms with Crippen molar-refractivity contribution in [2.75, 3.05) is 0 Å². The van der Waals surface area contributed by atoms with Crippen LogP contribution in [-0.4, -0.2) is 13.6 Å². The average Bonchev–Trinajstić information content (AvgIpc) is 2.85. The molecule has 0 spiro atoms. The average molecular weight is 337 g/mol. The summed E-state index contributed by atoms with van der Waals surface area (Å²) in [7, 11) is -3.48. The Kier molecular flexibility index (Phi) is 3.67. The third kappa shape index (κ3) is 3.15. The van der Waals surface area contributed by atoms with Gasteiger partial charge in [0.1, 0.15) is 4.21 Å². The van der Waals surface area contributed by atoms with Crippen molar-refractivity contribution in [3.63, 3.8) is 0 Å². The van der Waals surface area contributed by atoms with Gasteiger partial charge in [0, 0.05) is 6.07 Å². The molecule has 0 saturated heterocycles. The molecular formula is C9H9BrN2O3S2. The van der Waals surface area contributed by atoms with Crippen molar-refractivity contribution >= 4 is 37.3 Å². The molecule has 0 fully saturated rings. The number of rotatable bonds is 4. The summed E-state index contributed by atoms with van der Waals surface area (Å²) in [4.78, 5) is 0. The van der Waals surface area contributed by atoms with Gasteiger partial charge in [-0.3, -0.25) is 0 Å². The maximum absolute atomic E-state index is 11.8. The van der Waals surface area contributed by atoms with Crippen LogP contribution in [0.3, 0.4) is 0 Å². The van der Waals surface area contributed by atoms with Crippen LogP contribution in [0.1, 0.15) is 11.5 Å². The van der Waals surface area contributed by atoms with Crippen LogP contribution in [0, 0.1) is 6.92 Å². The van der Waals surface area contributed by atoms with Crippen LogP contribution < -0.4 is 4.72 Å². The molecule has 0 aliphatic rings. The molecule has 2 aromatic heterocycles. The van der Waals surface area contributed by atoms with Crippen molar-refractivity contribution in [3.05, 3.63) is 33.4 Å². The van der Waals surface area contributed by atoms with Gasteiger partial charge in [0.2, 0.25) is 10.0 Å². The van der Waals surface area contributed by atoms with Gasteiger partial charge in [-0.05, 0) is 35.0 Å². The van der Waals surface area contributed by atoms with Crippen LogP contribution in [0.5, 0.6) is 0 Å². The summed E-state index contributed by atoms with van der Waals surface area (Å²) in [5.41, 5.74) is 0.720. The normalized spacial score (nSPS) is 11.9. The zero-order valence-electron chi connectivity index (χ0n) is 8.81. The van der Waals surface area contributed by atoms with E-state index in [0.29, 0.717) is 5.76 Å². The first-order chi connectivity index (χ1) is 7.97. The lowest BCUT2D eigenvalue weighted by Gasteiger charge is -2.01. The van der Waals surface area contributed by atoms with E-state index >= 15 is 0 Å². The van der Waals surface area contributed by atoms with Gasteiger partial charge in [-0.25, -0.2) is 13.1 Å². The lowest BCUT2D eigenvalue weighted by Crippen LogP contribution is -2.22. The highest BCUT2D eigenvalue weighted by Crippen LogP contribution is 2.25. The van der Waals surface area contributed by atoms with Gasteiger partial charge in [-0.15, -0.1) is 11.3 Å². The summed E-state index contributed by atoms with van der Waals surface area (Å²) in [6, 6.07) is 4.92. The lowest BCUT2D eigenvalue weighted by molar-refractivity contribution is 0.377. The van der Waals surface area contributed by atoms with Gasteiger partial charge in [-0.2, -0.15) is 0 Å². The van der Waals surface area contributed by atoms with Crippen molar-refractivity contribution in [2.24, 2.45) is 0 Å². The fourth-order valence-electron chi connectivity index (χ4n) is 1.18. The Hall–Kier alpha value is -0.700. The SMILES string of the molecule is Cc1cc(CNS(=O)(=O)c2ccc(Br)s2)on1. The predicted octanol–water partition coefficient (Wildman–Crippen LogP) is 2.29. The number of aryl methyl sites for hydroxylation is 1. The highest BCUT2D eigenvalue weighted by atomic mass is 79.9. The highest BCUT2D eigenvalue weighted by molar-refractivity contribution is 9.11. The molecule has 2 rings (SSSR count). The zero-order valence-corrected chi connectivity index (χ0v) is 12.0. The standard InChI is InChI=1S/C9H9BrN2O3S2/c1-6-4-7(15-12-6)5-11-17(13,14)9-3-2-8(10)16-9/h2-4,11H,5H2,1H3. The molecule has 0 radical (unpaired) electrons. The van der Waals surface area contributed by atoms with Crippen LogP contribution in [0.4, 0.5) is 0 Å². The van der Waals surface area contributed by atoms with Crippen LogP contribution in [0.15, 0.2) is 30.7 Å². The van der Waals surface area contributed by atoms with E-state index in [1.807, 2.05) is 0 Å². The molecular weight excluding hydrogens is 328 g/mol. The van der Waals surface area contributed by atoms with Crippen molar-refractivity contribution < 1.29 is 12.9 Å². The molecule has 0 aliphatic carbocycles. The topological polar surface area (TPSA) is 72.2 Å². The van der Waals surface area contributed by atoms with Crippen LogP contribution in [0.25, 0.3) is 0 Å². The van der Waals surface area contributed by atoms with Crippen molar-refractivity contribution in [1.82, 2.24) is 9.88 Å².